The number of nitrogens with zero attached hydrogens (tertiary/aromatic N) is 2. The third-order valence-electron chi connectivity index (χ3n) is 4.51. The highest BCUT2D eigenvalue weighted by Gasteiger charge is 2.06. The Hall–Kier alpha value is -3.66. The van der Waals surface area contributed by atoms with E-state index in [4.69, 9.17) is 9.68 Å². The lowest BCUT2D eigenvalue weighted by Gasteiger charge is -2.08. The van der Waals surface area contributed by atoms with E-state index < -0.39 is 5.63 Å². The lowest BCUT2D eigenvalue weighted by atomic mass is 10.1. The van der Waals surface area contributed by atoms with Crippen molar-refractivity contribution in [1.29, 1.82) is 5.26 Å². The highest BCUT2D eigenvalue weighted by molar-refractivity contribution is 5.93. The lowest BCUT2D eigenvalue weighted by molar-refractivity contribution is -0.116. The molecule has 0 spiro atoms. The molecule has 2 heterocycles. The van der Waals surface area contributed by atoms with Gasteiger partial charge in [0.15, 0.2) is 0 Å². The molecule has 0 aliphatic carbocycles. The predicted octanol–water partition coefficient (Wildman–Crippen LogP) is 3.98. The van der Waals surface area contributed by atoms with Crippen molar-refractivity contribution in [2.24, 2.45) is 0 Å². The second-order valence-electron chi connectivity index (χ2n) is 6.79. The summed E-state index contributed by atoms with van der Waals surface area (Å²) in [6, 6.07) is 12.3. The monoisotopic (exact) mass is 390 g/mol. The van der Waals surface area contributed by atoms with Crippen LogP contribution in [0.5, 0.6) is 0 Å². The summed E-state index contributed by atoms with van der Waals surface area (Å²) in [5, 5.41) is 15.6. The van der Waals surface area contributed by atoms with E-state index in [9.17, 15) is 9.59 Å². The summed E-state index contributed by atoms with van der Waals surface area (Å²) in [4.78, 5) is 27.8. The molecule has 3 rings (SSSR count). The minimum Gasteiger partial charge on any atom is -0.423 e. The first-order valence-electron chi connectivity index (χ1n) is 9.49. The summed E-state index contributed by atoms with van der Waals surface area (Å²) in [6.07, 6.45) is 4.55. The Morgan fingerprint density at radius 1 is 1.17 bits per heavy atom. The average molecular weight is 390 g/mol. The summed E-state index contributed by atoms with van der Waals surface area (Å²) >= 11 is 0. The maximum absolute atomic E-state index is 12.1. The van der Waals surface area contributed by atoms with Gasteiger partial charge < -0.3 is 15.1 Å². The van der Waals surface area contributed by atoms with Crippen molar-refractivity contribution in [2.45, 2.75) is 32.6 Å². The number of fused-ring (bicyclic) bond motifs is 1. The van der Waals surface area contributed by atoms with Crippen molar-refractivity contribution in [3.63, 3.8) is 0 Å². The lowest BCUT2D eigenvalue weighted by Crippen LogP contribution is -2.11. The standard InChI is InChI=1S/C22H22N4O3/c1-15-11-22(28)29-19-12-17(7-8-18(15)19)26-21(27)5-3-2-4-10-24-20-9-6-16(13-23)14-25-20/h6-9,11-12,14H,2-5,10H2,1H3,(H,24,25)(H,26,27). The number of anilines is 2. The van der Waals surface area contributed by atoms with Gasteiger partial charge >= 0.3 is 5.63 Å². The summed E-state index contributed by atoms with van der Waals surface area (Å²) in [5.41, 5.74) is 2.06. The van der Waals surface area contributed by atoms with Gasteiger partial charge in [0.05, 0.1) is 5.56 Å². The summed E-state index contributed by atoms with van der Waals surface area (Å²) in [6.45, 7) is 2.60. The van der Waals surface area contributed by atoms with Crippen LogP contribution >= 0.6 is 0 Å². The first-order chi connectivity index (χ1) is 14.0. The van der Waals surface area contributed by atoms with Crippen LogP contribution in [0.15, 0.2) is 51.8 Å². The zero-order chi connectivity index (χ0) is 20.6. The van der Waals surface area contributed by atoms with Gasteiger partial charge in [-0.25, -0.2) is 9.78 Å². The highest BCUT2D eigenvalue weighted by atomic mass is 16.4. The number of hydrogen-bond acceptors (Lipinski definition) is 6. The number of nitrogens with one attached hydrogen (secondary N) is 2. The number of amides is 1. The van der Waals surface area contributed by atoms with E-state index in [1.807, 2.05) is 25.1 Å². The molecule has 2 N–H and O–H groups in total. The smallest absolute Gasteiger partial charge is 0.336 e. The molecular formula is C22H22N4O3. The molecule has 0 atom stereocenters. The van der Waals surface area contributed by atoms with Gasteiger partial charge in [-0.1, -0.05) is 6.42 Å². The summed E-state index contributed by atoms with van der Waals surface area (Å²) in [7, 11) is 0. The van der Waals surface area contributed by atoms with Crippen molar-refractivity contribution in [2.75, 3.05) is 17.2 Å². The van der Waals surface area contributed by atoms with E-state index in [1.54, 1.807) is 18.2 Å². The predicted molar refractivity (Wildman–Crippen MR) is 112 cm³/mol. The van der Waals surface area contributed by atoms with Gasteiger partial charge in [0.25, 0.3) is 0 Å². The normalized spacial score (nSPS) is 10.5. The van der Waals surface area contributed by atoms with Crippen LogP contribution in [0.3, 0.4) is 0 Å². The van der Waals surface area contributed by atoms with Crippen LogP contribution in [0.4, 0.5) is 11.5 Å². The Balaban J connectivity index is 1.39. The Labute approximate surface area is 168 Å². The van der Waals surface area contributed by atoms with Gasteiger partial charge in [0.1, 0.15) is 17.5 Å². The van der Waals surface area contributed by atoms with Crippen LogP contribution in [0.2, 0.25) is 0 Å². The van der Waals surface area contributed by atoms with Crippen LogP contribution in [0.1, 0.15) is 36.8 Å². The molecule has 3 aromatic rings. The van der Waals surface area contributed by atoms with E-state index in [-0.39, 0.29) is 5.91 Å². The van der Waals surface area contributed by atoms with Crippen molar-refractivity contribution in [3.05, 3.63) is 64.1 Å². The first-order valence-corrected chi connectivity index (χ1v) is 9.49. The Bertz CT molecular complexity index is 1100. The van der Waals surface area contributed by atoms with Crippen LogP contribution < -0.4 is 16.3 Å². The molecule has 0 saturated heterocycles. The van der Waals surface area contributed by atoms with Crippen molar-refractivity contribution in [1.82, 2.24) is 4.98 Å². The fourth-order valence-corrected chi connectivity index (χ4v) is 2.99. The van der Waals surface area contributed by atoms with Crippen LogP contribution in [-0.2, 0) is 4.79 Å². The van der Waals surface area contributed by atoms with Crippen molar-refractivity contribution >= 4 is 28.4 Å². The Morgan fingerprint density at radius 2 is 2.03 bits per heavy atom. The van der Waals surface area contributed by atoms with Crippen LogP contribution in [-0.4, -0.2) is 17.4 Å². The number of rotatable bonds is 8. The van der Waals surface area contributed by atoms with Crippen LogP contribution in [0.25, 0.3) is 11.0 Å². The maximum atomic E-state index is 12.1. The molecule has 29 heavy (non-hydrogen) atoms. The minimum atomic E-state index is -0.400. The van der Waals surface area contributed by atoms with Gasteiger partial charge in [-0.15, -0.1) is 0 Å². The molecule has 0 aliphatic rings. The summed E-state index contributed by atoms with van der Waals surface area (Å²) < 4.78 is 5.20. The van der Waals surface area contributed by atoms with Gasteiger partial charge in [-0.2, -0.15) is 5.26 Å². The number of unbranched alkanes of at least 4 members (excludes halogenated alkanes) is 2. The van der Waals surface area contributed by atoms with Gasteiger partial charge in [0, 0.05) is 42.4 Å². The minimum absolute atomic E-state index is 0.0685. The average Bonchev–Trinajstić information content (AvgIpc) is 2.70. The Kier molecular flexibility index (Phi) is 6.59. The van der Waals surface area contributed by atoms with Gasteiger partial charge in [0.2, 0.25) is 5.91 Å². The fourth-order valence-electron chi connectivity index (χ4n) is 2.99. The topological polar surface area (TPSA) is 108 Å². The molecule has 0 saturated carbocycles. The number of carbonyl (C=O) groups excluding carboxylic acids is 1. The number of benzene rings is 1. The van der Waals surface area contributed by atoms with Crippen molar-refractivity contribution < 1.29 is 9.21 Å². The van der Waals surface area contributed by atoms with Gasteiger partial charge in [-0.05, 0) is 49.6 Å². The maximum Gasteiger partial charge on any atom is 0.336 e. The molecule has 148 valence electrons. The van der Waals surface area contributed by atoms with Crippen molar-refractivity contribution in [3.8, 4) is 6.07 Å². The number of aromatic nitrogens is 1. The molecule has 0 aliphatic heterocycles. The fraction of sp³-hybridized carbons (Fsp3) is 0.273. The van der Waals surface area contributed by atoms with Crippen LogP contribution in [0, 0.1) is 18.3 Å². The third-order valence-corrected chi connectivity index (χ3v) is 4.51. The van der Waals surface area contributed by atoms with E-state index >= 15 is 0 Å². The molecule has 1 amide bonds. The molecule has 0 bridgehead atoms. The molecule has 0 radical (unpaired) electrons. The quantitative estimate of drug-likeness (QED) is 0.445. The molecule has 1 aromatic carbocycles. The number of pyridine rings is 1. The third kappa shape index (κ3) is 5.66. The highest BCUT2D eigenvalue weighted by Crippen LogP contribution is 2.21. The van der Waals surface area contributed by atoms with E-state index in [1.165, 1.54) is 12.3 Å². The first kappa shape index (κ1) is 20.1. The number of nitriles is 1. The molecule has 7 heteroatoms. The molecular weight excluding hydrogens is 368 g/mol. The second-order valence-corrected chi connectivity index (χ2v) is 6.79. The second kappa shape index (κ2) is 9.51. The van der Waals surface area contributed by atoms with E-state index in [0.29, 0.717) is 23.3 Å². The molecule has 7 nitrogen and oxygen atoms in total. The molecule has 0 unspecified atom stereocenters. The zero-order valence-corrected chi connectivity index (χ0v) is 16.2. The largest absolute Gasteiger partial charge is 0.423 e. The Morgan fingerprint density at radius 3 is 2.79 bits per heavy atom. The van der Waals surface area contributed by atoms with Gasteiger partial charge in [-0.3, -0.25) is 4.79 Å². The zero-order valence-electron chi connectivity index (χ0n) is 16.2. The number of aryl methyl sites for hydroxylation is 1. The number of hydrogen-bond donors (Lipinski definition) is 2. The SMILES string of the molecule is Cc1cc(=O)oc2cc(NC(=O)CCCCCNc3ccc(C#N)cn3)ccc12. The molecule has 2 aromatic heterocycles. The van der Waals surface area contributed by atoms with E-state index in [0.717, 1.165) is 42.6 Å². The summed E-state index contributed by atoms with van der Waals surface area (Å²) in [5.74, 6) is 0.668. The molecule has 0 fully saturated rings. The van der Waals surface area contributed by atoms with E-state index in [2.05, 4.69) is 15.6 Å². The number of carbonyl (C=O) groups is 1.